The van der Waals surface area contributed by atoms with Gasteiger partial charge in [0.1, 0.15) is 12.2 Å². The molecule has 1 rings (SSSR count). The largest absolute Gasteiger partial charge is 0.317 e. The van der Waals surface area contributed by atoms with E-state index in [-0.39, 0.29) is 0 Å². The van der Waals surface area contributed by atoms with E-state index in [2.05, 4.69) is 35.5 Å². The van der Waals surface area contributed by atoms with E-state index in [0.29, 0.717) is 5.92 Å². The molecule has 0 aliphatic carbocycles. The van der Waals surface area contributed by atoms with Crippen molar-refractivity contribution in [3.63, 3.8) is 0 Å². The maximum atomic E-state index is 4.20. The van der Waals surface area contributed by atoms with Crippen LogP contribution in [0, 0.1) is 5.92 Å². The van der Waals surface area contributed by atoms with Gasteiger partial charge >= 0.3 is 0 Å². The van der Waals surface area contributed by atoms with Gasteiger partial charge in [-0.1, -0.05) is 46.5 Å². The van der Waals surface area contributed by atoms with Gasteiger partial charge < -0.3 is 4.57 Å². The summed E-state index contributed by atoms with van der Waals surface area (Å²) in [5, 5.41) is 8.20. The quantitative estimate of drug-likeness (QED) is 0.632. The fraction of sp³-hybridized carbons (Fsp3) is 0.846. The predicted octanol–water partition coefficient (Wildman–Crippen LogP) is 3.45. The van der Waals surface area contributed by atoms with Gasteiger partial charge in [-0.15, -0.1) is 10.2 Å². The smallest absolute Gasteiger partial charge is 0.132 e. The van der Waals surface area contributed by atoms with Crippen molar-refractivity contribution in [1.29, 1.82) is 0 Å². The molecule has 0 saturated heterocycles. The molecule has 0 spiro atoms. The molecule has 0 aliphatic heterocycles. The molecule has 0 amide bonds. The maximum absolute atomic E-state index is 4.20. The molecule has 0 bridgehead atoms. The highest BCUT2D eigenvalue weighted by atomic mass is 15.3. The molecule has 92 valence electrons. The Morgan fingerprint density at radius 1 is 1.19 bits per heavy atom. The first-order chi connectivity index (χ1) is 7.74. The first-order valence-corrected chi connectivity index (χ1v) is 6.60. The van der Waals surface area contributed by atoms with Crippen LogP contribution in [0.5, 0.6) is 0 Å². The second kappa shape index (κ2) is 7.42. The zero-order valence-electron chi connectivity index (χ0n) is 10.9. The molecule has 0 atom stereocenters. The lowest BCUT2D eigenvalue weighted by molar-refractivity contribution is 0.500. The zero-order chi connectivity index (χ0) is 11.8. The van der Waals surface area contributed by atoms with E-state index in [1.807, 2.05) is 6.33 Å². The van der Waals surface area contributed by atoms with Gasteiger partial charge in [0.25, 0.3) is 0 Å². The molecule has 0 radical (unpaired) electrons. The predicted molar refractivity (Wildman–Crippen MR) is 67.3 cm³/mol. The van der Waals surface area contributed by atoms with Crippen molar-refractivity contribution in [1.82, 2.24) is 14.8 Å². The molecule has 1 aromatic heterocycles. The summed E-state index contributed by atoms with van der Waals surface area (Å²) in [4.78, 5) is 0. The fourth-order valence-electron chi connectivity index (χ4n) is 1.91. The highest BCUT2D eigenvalue weighted by molar-refractivity contribution is 4.86. The summed E-state index contributed by atoms with van der Waals surface area (Å²) in [5.74, 6) is 1.82. The SMILES string of the molecule is CCCCCCCc1nncn1CC(C)C. The molecule has 0 saturated carbocycles. The van der Waals surface area contributed by atoms with Crippen molar-refractivity contribution in [2.75, 3.05) is 0 Å². The lowest BCUT2D eigenvalue weighted by atomic mass is 10.1. The van der Waals surface area contributed by atoms with Gasteiger partial charge in [0.2, 0.25) is 0 Å². The molecule has 1 heterocycles. The zero-order valence-corrected chi connectivity index (χ0v) is 10.9. The summed E-state index contributed by atoms with van der Waals surface area (Å²) >= 11 is 0. The molecule has 0 unspecified atom stereocenters. The molecular formula is C13H25N3. The van der Waals surface area contributed by atoms with Crippen LogP contribution in [0.15, 0.2) is 6.33 Å². The third-order valence-electron chi connectivity index (χ3n) is 2.76. The van der Waals surface area contributed by atoms with E-state index in [1.165, 1.54) is 32.1 Å². The summed E-state index contributed by atoms with van der Waals surface area (Å²) in [6.45, 7) is 7.74. The Morgan fingerprint density at radius 2 is 1.94 bits per heavy atom. The van der Waals surface area contributed by atoms with Crippen LogP contribution in [-0.2, 0) is 13.0 Å². The molecule has 0 N–H and O–H groups in total. The van der Waals surface area contributed by atoms with Crippen molar-refractivity contribution < 1.29 is 0 Å². The van der Waals surface area contributed by atoms with E-state index in [1.54, 1.807) is 0 Å². The van der Waals surface area contributed by atoms with Gasteiger partial charge in [0, 0.05) is 13.0 Å². The van der Waals surface area contributed by atoms with Crippen LogP contribution in [0.2, 0.25) is 0 Å². The first-order valence-electron chi connectivity index (χ1n) is 6.60. The average molecular weight is 223 g/mol. The average Bonchev–Trinajstić information content (AvgIpc) is 2.64. The maximum Gasteiger partial charge on any atom is 0.132 e. The monoisotopic (exact) mass is 223 g/mol. The summed E-state index contributed by atoms with van der Waals surface area (Å²) in [7, 11) is 0. The van der Waals surface area contributed by atoms with Gasteiger partial charge in [-0.3, -0.25) is 0 Å². The van der Waals surface area contributed by atoms with Crippen molar-refractivity contribution in [2.45, 2.75) is 65.8 Å². The number of nitrogens with zero attached hydrogens (tertiary/aromatic N) is 3. The van der Waals surface area contributed by atoms with Gasteiger partial charge in [0.05, 0.1) is 0 Å². The molecule has 3 nitrogen and oxygen atoms in total. The molecule has 1 aromatic rings. The summed E-state index contributed by atoms with van der Waals surface area (Å²) in [6.07, 6.45) is 9.54. The molecule has 3 heteroatoms. The number of rotatable bonds is 8. The lowest BCUT2D eigenvalue weighted by Gasteiger charge is -2.08. The summed E-state index contributed by atoms with van der Waals surface area (Å²) in [5.41, 5.74) is 0. The Morgan fingerprint density at radius 3 is 2.62 bits per heavy atom. The van der Waals surface area contributed by atoms with E-state index >= 15 is 0 Å². The van der Waals surface area contributed by atoms with E-state index in [4.69, 9.17) is 0 Å². The van der Waals surface area contributed by atoms with E-state index < -0.39 is 0 Å². The van der Waals surface area contributed by atoms with Crippen LogP contribution >= 0.6 is 0 Å². The third kappa shape index (κ3) is 4.77. The Kier molecular flexibility index (Phi) is 6.12. The first kappa shape index (κ1) is 13.2. The van der Waals surface area contributed by atoms with Crippen LogP contribution in [0.1, 0.15) is 58.7 Å². The minimum absolute atomic E-state index is 0.662. The Labute approximate surface area is 99.3 Å². The van der Waals surface area contributed by atoms with Crippen molar-refractivity contribution in [3.8, 4) is 0 Å². The minimum atomic E-state index is 0.662. The highest BCUT2D eigenvalue weighted by Crippen LogP contribution is 2.08. The molecule has 0 aliphatic rings. The molecular weight excluding hydrogens is 198 g/mol. The minimum Gasteiger partial charge on any atom is -0.317 e. The molecule has 0 aromatic carbocycles. The number of hydrogen-bond acceptors (Lipinski definition) is 2. The van der Waals surface area contributed by atoms with Gasteiger partial charge in [-0.25, -0.2) is 0 Å². The third-order valence-corrected chi connectivity index (χ3v) is 2.76. The Hall–Kier alpha value is -0.860. The fourth-order valence-corrected chi connectivity index (χ4v) is 1.91. The number of aryl methyl sites for hydroxylation is 1. The van der Waals surface area contributed by atoms with Gasteiger partial charge in [-0.2, -0.15) is 0 Å². The second-order valence-electron chi connectivity index (χ2n) is 4.96. The van der Waals surface area contributed by atoms with E-state index in [9.17, 15) is 0 Å². The Balaban J connectivity index is 2.27. The van der Waals surface area contributed by atoms with Crippen molar-refractivity contribution in [3.05, 3.63) is 12.2 Å². The van der Waals surface area contributed by atoms with Crippen LogP contribution in [-0.4, -0.2) is 14.8 Å². The summed E-state index contributed by atoms with van der Waals surface area (Å²) < 4.78 is 2.20. The highest BCUT2D eigenvalue weighted by Gasteiger charge is 2.05. The van der Waals surface area contributed by atoms with Crippen LogP contribution in [0.25, 0.3) is 0 Å². The number of aromatic nitrogens is 3. The second-order valence-corrected chi connectivity index (χ2v) is 4.96. The standard InChI is InChI=1S/C13H25N3/c1-4-5-6-7-8-9-13-15-14-11-16(13)10-12(2)3/h11-12H,4-10H2,1-3H3. The van der Waals surface area contributed by atoms with Gasteiger partial charge in [-0.05, 0) is 12.3 Å². The van der Waals surface area contributed by atoms with Crippen LogP contribution < -0.4 is 0 Å². The summed E-state index contributed by atoms with van der Waals surface area (Å²) in [6, 6.07) is 0. The number of hydrogen-bond donors (Lipinski definition) is 0. The molecule has 16 heavy (non-hydrogen) atoms. The normalized spacial score (nSPS) is 11.2. The number of unbranched alkanes of at least 4 members (excludes halogenated alkanes) is 4. The van der Waals surface area contributed by atoms with Crippen LogP contribution in [0.3, 0.4) is 0 Å². The molecule has 0 fully saturated rings. The van der Waals surface area contributed by atoms with Crippen LogP contribution in [0.4, 0.5) is 0 Å². The van der Waals surface area contributed by atoms with Gasteiger partial charge in [0.15, 0.2) is 0 Å². The van der Waals surface area contributed by atoms with Crippen molar-refractivity contribution in [2.24, 2.45) is 5.92 Å². The topological polar surface area (TPSA) is 30.7 Å². The van der Waals surface area contributed by atoms with Crippen molar-refractivity contribution >= 4 is 0 Å². The Bertz CT molecular complexity index is 278. The lowest BCUT2D eigenvalue weighted by Crippen LogP contribution is -2.07. The van der Waals surface area contributed by atoms with E-state index in [0.717, 1.165) is 18.8 Å².